The van der Waals surface area contributed by atoms with Crippen LogP contribution in [0, 0.1) is 20.8 Å². The van der Waals surface area contributed by atoms with Gasteiger partial charge in [0.15, 0.2) is 0 Å². The Kier molecular flexibility index (Phi) is 6.12. The van der Waals surface area contributed by atoms with Gasteiger partial charge in [0.25, 0.3) is 5.91 Å². The molecule has 1 saturated heterocycles. The Morgan fingerprint density at radius 2 is 1.52 bits per heavy atom. The lowest BCUT2D eigenvalue weighted by atomic mass is 10.0. The van der Waals surface area contributed by atoms with Gasteiger partial charge in [-0.15, -0.1) is 0 Å². The number of sulfonamides is 1. The smallest absolute Gasteiger partial charge is 0.255 e. The van der Waals surface area contributed by atoms with Crippen LogP contribution in [0.2, 0.25) is 0 Å². The van der Waals surface area contributed by atoms with Crippen LogP contribution in [0.5, 0.6) is 0 Å². The lowest BCUT2D eigenvalue weighted by Crippen LogP contribution is -2.48. The molecule has 0 aliphatic carbocycles. The second kappa shape index (κ2) is 8.26. The number of nitrogens with one attached hydrogen (secondary N) is 1. The second-order valence-corrected chi connectivity index (χ2v) is 9.77. The molecular formula is C22H28N2O4S. The summed E-state index contributed by atoms with van der Waals surface area (Å²) in [4.78, 5) is 12.8. The lowest BCUT2D eigenvalue weighted by Gasteiger charge is -2.34. The van der Waals surface area contributed by atoms with Crippen LogP contribution in [-0.2, 0) is 14.8 Å². The van der Waals surface area contributed by atoms with Crippen LogP contribution in [-0.4, -0.2) is 43.9 Å². The van der Waals surface area contributed by atoms with E-state index in [1.54, 1.807) is 12.1 Å². The van der Waals surface area contributed by atoms with Crippen molar-refractivity contribution in [2.45, 2.75) is 51.7 Å². The van der Waals surface area contributed by atoms with E-state index in [1.807, 2.05) is 46.8 Å². The van der Waals surface area contributed by atoms with E-state index in [2.05, 4.69) is 5.32 Å². The summed E-state index contributed by atoms with van der Waals surface area (Å²) in [6.07, 6.45) is -0.306. The fourth-order valence-corrected chi connectivity index (χ4v) is 5.41. The van der Waals surface area contributed by atoms with Gasteiger partial charge in [-0.05, 0) is 70.0 Å². The summed E-state index contributed by atoms with van der Waals surface area (Å²) in [7, 11) is -3.63. The summed E-state index contributed by atoms with van der Waals surface area (Å²) in [6, 6.07) is 10.1. The highest BCUT2D eigenvalue weighted by Gasteiger charge is 2.32. The average Bonchev–Trinajstić information content (AvgIpc) is 2.63. The van der Waals surface area contributed by atoms with Crippen LogP contribution in [0.1, 0.15) is 40.9 Å². The van der Waals surface area contributed by atoms with Gasteiger partial charge in [0.05, 0.1) is 17.1 Å². The van der Waals surface area contributed by atoms with Gasteiger partial charge in [-0.1, -0.05) is 17.7 Å². The van der Waals surface area contributed by atoms with Crippen molar-refractivity contribution in [3.05, 3.63) is 58.7 Å². The number of nitrogens with zero attached hydrogens (tertiary/aromatic N) is 1. The van der Waals surface area contributed by atoms with E-state index in [1.165, 1.54) is 16.4 Å². The fourth-order valence-electron chi connectivity index (χ4n) is 3.82. The number of rotatable bonds is 4. The van der Waals surface area contributed by atoms with E-state index >= 15 is 0 Å². The van der Waals surface area contributed by atoms with Crippen molar-refractivity contribution in [1.29, 1.82) is 0 Å². The molecule has 2 aromatic carbocycles. The molecule has 0 unspecified atom stereocenters. The number of benzene rings is 2. The van der Waals surface area contributed by atoms with Crippen molar-refractivity contribution >= 4 is 21.6 Å². The van der Waals surface area contributed by atoms with E-state index in [-0.39, 0.29) is 23.0 Å². The molecule has 2 atom stereocenters. The highest BCUT2D eigenvalue weighted by molar-refractivity contribution is 7.89. The Morgan fingerprint density at radius 3 is 2.03 bits per heavy atom. The number of ether oxygens (including phenoxy) is 1. The number of carbonyl (C=O) groups excluding carboxylic acids is 1. The molecule has 0 bridgehead atoms. The topological polar surface area (TPSA) is 75.7 Å². The molecule has 1 fully saturated rings. The minimum absolute atomic E-state index is 0.153. The Balaban J connectivity index is 1.78. The Hall–Kier alpha value is -2.22. The Labute approximate surface area is 172 Å². The summed E-state index contributed by atoms with van der Waals surface area (Å²) in [5.74, 6) is -0.266. The van der Waals surface area contributed by atoms with Crippen LogP contribution in [0.15, 0.2) is 41.3 Å². The molecule has 1 amide bonds. The maximum atomic E-state index is 12.9. The molecule has 0 saturated carbocycles. The molecule has 2 aromatic rings. The van der Waals surface area contributed by atoms with E-state index in [4.69, 9.17) is 4.74 Å². The first-order valence-electron chi connectivity index (χ1n) is 9.73. The fraction of sp³-hybridized carbons (Fsp3) is 0.409. The van der Waals surface area contributed by atoms with Crippen LogP contribution < -0.4 is 5.32 Å². The Bertz CT molecular complexity index is 983. The van der Waals surface area contributed by atoms with Crippen molar-refractivity contribution in [2.24, 2.45) is 0 Å². The number of morpholine rings is 1. The first kappa shape index (κ1) is 21.5. The van der Waals surface area contributed by atoms with E-state index < -0.39 is 10.0 Å². The molecule has 7 heteroatoms. The highest BCUT2D eigenvalue weighted by atomic mass is 32.2. The van der Waals surface area contributed by atoms with Gasteiger partial charge in [0, 0.05) is 24.3 Å². The number of amides is 1. The van der Waals surface area contributed by atoms with E-state index in [0.717, 1.165) is 22.4 Å². The van der Waals surface area contributed by atoms with Gasteiger partial charge >= 0.3 is 0 Å². The summed E-state index contributed by atoms with van der Waals surface area (Å²) in [6.45, 7) is 10.3. The molecular weight excluding hydrogens is 388 g/mol. The predicted octanol–water partition coefficient (Wildman–Crippen LogP) is 3.66. The maximum absolute atomic E-state index is 12.9. The largest absolute Gasteiger partial charge is 0.373 e. The molecule has 1 heterocycles. The molecule has 1 aliphatic heterocycles. The number of hydrogen-bond acceptors (Lipinski definition) is 4. The standard InChI is InChI=1S/C22H28N2O4S/c1-14-10-15(2)21(16(3)11-14)23-22(25)19-6-8-20(9-7-19)29(26,27)24-12-17(4)28-18(5)13-24/h6-11,17-18H,12-13H2,1-5H3,(H,23,25)/t17-,18-/m1/s1. The summed E-state index contributed by atoms with van der Waals surface area (Å²) < 4.78 is 32.9. The molecule has 1 aliphatic rings. The zero-order valence-corrected chi connectivity index (χ0v) is 18.3. The average molecular weight is 417 g/mol. The second-order valence-electron chi connectivity index (χ2n) is 7.83. The van der Waals surface area contributed by atoms with Gasteiger partial charge < -0.3 is 10.1 Å². The first-order valence-corrected chi connectivity index (χ1v) is 11.2. The van der Waals surface area contributed by atoms with Gasteiger partial charge in [0.1, 0.15) is 0 Å². The van der Waals surface area contributed by atoms with E-state index in [0.29, 0.717) is 18.7 Å². The molecule has 1 N–H and O–H groups in total. The zero-order chi connectivity index (χ0) is 21.3. The third-order valence-electron chi connectivity index (χ3n) is 5.06. The number of hydrogen-bond donors (Lipinski definition) is 1. The van der Waals surface area contributed by atoms with Gasteiger partial charge in [0.2, 0.25) is 10.0 Å². The molecule has 3 rings (SSSR count). The van der Waals surface area contributed by atoms with Gasteiger partial charge in [-0.25, -0.2) is 8.42 Å². The molecule has 29 heavy (non-hydrogen) atoms. The molecule has 0 radical (unpaired) electrons. The monoisotopic (exact) mass is 416 g/mol. The molecule has 156 valence electrons. The third-order valence-corrected chi connectivity index (χ3v) is 6.90. The van der Waals surface area contributed by atoms with Crippen molar-refractivity contribution < 1.29 is 17.9 Å². The zero-order valence-electron chi connectivity index (χ0n) is 17.5. The molecule has 0 spiro atoms. The minimum Gasteiger partial charge on any atom is -0.373 e. The van der Waals surface area contributed by atoms with Crippen molar-refractivity contribution in [1.82, 2.24) is 4.31 Å². The first-order chi connectivity index (χ1) is 13.6. The summed E-state index contributed by atoms with van der Waals surface area (Å²) in [5.41, 5.74) is 4.32. The highest BCUT2D eigenvalue weighted by Crippen LogP contribution is 2.24. The molecule has 0 aromatic heterocycles. The third kappa shape index (κ3) is 4.69. The lowest BCUT2D eigenvalue weighted by molar-refractivity contribution is -0.0440. The van der Waals surface area contributed by atoms with Crippen LogP contribution >= 0.6 is 0 Å². The van der Waals surface area contributed by atoms with Crippen LogP contribution in [0.4, 0.5) is 5.69 Å². The van der Waals surface area contributed by atoms with Gasteiger partial charge in [-0.2, -0.15) is 4.31 Å². The SMILES string of the molecule is Cc1cc(C)c(NC(=O)c2ccc(S(=O)(=O)N3C[C@@H](C)O[C@H](C)C3)cc2)c(C)c1. The minimum atomic E-state index is -3.63. The van der Waals surface area contributed by atoms with E-state index in [9.17, 15) is 13.2 Å². The summed E-state index contributed by atoms with van der Waals surface area (Å²) >= 11 is 0. The van der Waals surface area contributed by atoms with Gasteiger partial charge in [-0.3, -0.25) is 4.79 Å². The van der Waals surface area contributed by atoms with Crippen LogP contribution in [0.25, 0.3) is 0 Å². The Morgan fingerprint density at radius 1 is 1.00 bits per heavy atom. The molecule has 6 nitrogen and oxygen atoms in total. The number of carbonyl (C=O) groups is 1. The number of anilines is 1. The van der Waals surface area contributed by atoms with Crippen LogP contribution in [0.3, 0.4) is 0 Å². The predicted molar refractivity (Wildman–Crippen MR) is 114 cm³/mol. The normalized spacial score (nSPS) is 20.4. The van der Waals surface area contributed by atoms with Crippen molar-refractivity contribution in [3.63, 3.8) is 0 Å². The van der Waals surface area contributed by atoms with Crippen molar-refractivity contribution in [2.75, 3.05) is 18.4 Å². The van der Waals surface area contributed by atoms with Crippen molar-refractivity contribution in [3.8, 4) is 0 Å². The number of aryl methyl sites for hydroxylation is 3. The summed E-state index contributed by atoms with van der Waals surface area (Å²) in [5, 5.41) is 2.94. The maximum Gasteiger partial charge on any atom is 0.255 e. The quantitative estimate of drug-likeness (QED) is 0.825.